The Labute approximate surface area is 88.5 Å². The summed E-state index contributed by atoms with van der Waals surface area (Å²) < 4.78 is 5.82. The third-order valence-electron chi connectivity index (χ3n) is 3.19. The van der Waals surface area contributed by atoms with Crippen LogP contribution >= 0.6 is 0 Å². The number of urea groups is 1. The van der Waals surface area contributed by atoms with Gasteiger partial charge in [0.05, 0.1) is 11.2 Å². The van der Waals surface area contributed by atoms with E-state index in [4.69, 9.17) is 4.74 Å². The lowest BCUT2D eigenvalue weighted by Gasteiger charge is -2.33. The average Bonchev–Trinajstić information content (AvgIpc) is 2.31. The lowest BCUT2D eigenvalue weighted by Crippen LogP contribution is -2.58. The van der Waals surface area contributed by atoms with E-state index in [0.717, 1.165) is 0 Å². The fourth-order valence-electron chi connectivity index (χ4n) is 2.71. The maximum atomic E-state index is 11.8. The summed E-state index contributed by atoms with van der Waals surface area (Å²) >= 11 is 0. The van der Waals surface area contributed by atoms with Crippen LogP contribution in [0.1, 0.15) is 34.1 Å². The summed E-state index contributed by atoms with van der Waals surface area (Å²) in [5.74, 6) is -0.289. The number of imide groups is 1. The smallest absolute Gasteiger partial charge is 0.322 e. The average molecular weight is 212 g/mol. The molecule has 2 aliphatic heterocycles. The van der Waals surface area contributed by atoms with Crippen molar-refractivity contribution in [3.63, 3.8) is 0 Å². The van der Waals surface area contributed by atoms with Gasteiger partial charge in [0.15, 0.2) is 5.54 Å². The SMILES string of the molecule is CC1(C)CC2(NC(=O)NC2=O)C(C)(C)O1. The highest BCUT2D eigenvalue weighted by atomic mass is 16.5. The van der Waals surface area contributed by atoms with Crippen LogP contribution in [0.5, 0.6) is 0 Å². The first kappa shape index (κ1) is 10.4. The van der Waals surface area contributed by atoms with Crippen molar-refractivity contribution in [3.8, 4) is 0 Å². The molecule has 3 amide bonds. The molecule has 0 aromatic heterocycles. The van der Waals surface area contributed by atoms with Crippen molar-refractivity contribution in [3.05, 3.63) is 0 Å². The van der Waals surface area contributed by atoms with Gasteiger partial charge < -0.3 is 10.1 Å². The Bertz CT molecular complexity index is 349. The van der Waals surface area contributed by atoms with E-state index in [-0.39, 0.29) is 5.91 Å². The third kappa shape index (κ3) is 1.26. The molecule has 0 radical (unpaired) electrons. The highest BCUT2D eigenvalue weighted by Gasteiger charge is 2.65. The molecule has 1 atom stereocenters. The molecule has 0 aromatic carbocycles. The lowest BCUT2D eigenvalue weighted by molar-refractivity contribution is -0.131. The topological polar surface area (TPSA) is 67.4 Å². The van der Waals surface area contributed by atoms with E-state index in [9.17, 15) is 9.59 Å². The van der Waals surface area contributed by atoms with Crippen molar-refractivity contribution >= 4 is 11.9 Å². The Balaban J connectivity index is 2.44. The fraction of sp³-hybridized carbons (Fsp3) is 0.800. The zero-order valence-corrected chi connectivity index (χ0v) is 9.43. The summed E-state index contributed by atoms with van der Waals surface area (Å²) in [7, 11) is 0. The van der Waals surface area contributed by atoms with E-state index in [0.29, 0.717) is 6.42 Å². The second kappa shape index (κ2) is 2.52. The number of amides is 3. The highest BCUT2D eigenvalue weighted by molar-refractivity contribution is 6.08. The zero-order valence-electron chi connectivity index (χ0n) is 9.43. The molecule has 0 bridgehead atoms. The van der Waals surface area contributed by atoms with Crippen LogP contribution in [0.2, 0.25) is 0 Å². The van der Waals surface area contributed by atoms with Crippen LogP contribution in [0.4, 0.5) is 4.79 Å². The summed E-state index contributed by atoms with van der Waals surface area (Å²) in [6.45, 7) is 7.49. The minimum Gasteiger partial charge on any atom is -0.367 e. The molecule has 2 saturated heterocycles. The van der Waals surface area contributed by atoms with Gasteiger partial charge in [-0.05, 0) is 27.7 Å². The molecule has 0 aliphatic carbocycles. The Kier molecular flexibility index (Phi) is 1.75. The van der Waals surface area contributed by atoms with Crippen molar-refractivity contribution in [1.29, 1.82) is 0 Å². The van der Waals surface area contributed by atoms with Gasteiger partial charge in [-0.25, -0.2) is 4.79 Å². The first-order valence-corrected chi connectivity index (χ1v) is 5.02. The van der Waals surface area contributed by atoms with E-state index in [2.05, 4.69) is 10.6 Å². The van der Waals surface area contributed by atoms with E-state index in [1.807, 2.05) is 27.7 Å². The number of hydrogen-bond acceptors (Lipinski definition) is 3. The van der Waals surface area contributed by atoms with Crippen LogP contribution < -0.4 is 10.6 Å². The Hall–Kier alpha value is -1.10. The standard InChI is InChI=1S/C10H16N2O3/c1-8(2)5-10(9(3,4)15-8)6(13)11-7(14)12-10/h5H2,1-4H3,(H2,11,12,13,14). The van der Waals surface area contributed by atoms with Gasteiger partial charge in [0.25, 0.3) is 5.91 Å². The monoisotopic (exact) mass is 212 g/mol. The Morgan fingerprint density at radius 3 is 2.13 bits per heavy atom. The predicted molar refractivity (Wildman–Crippen MR) is 53.3 cm³/mol. The summed E-state index contributed by atoms with van der Waals surface area (Å²) in [5.41, 5.74) is -2.02. The molecule has 15 heavy (non-hydrogen) atoms. The van der Waals surface area contributed by atoms with Crippen LogP contribution in [-0.4, -0.2) is 28.7 Å². The molecule has 0 aromatic rings. The van der Waals surface area contributed by atoms with E-state index < -0.39 is 22.8 Å². The lowest BCUT2D eigenvalue weighted by atomic mass is 9.79. The number of rotatable bonds is 0. The van der Waals surface area contributed by atoms with Gasteiger partial charge >= 0.3 is 6.03 Å². The molecule has 2 heterocycles. The molecule has 84 valence electrons. The van der Waals surface area contributed by atoms with Crippen molar-refractivity contribution in [2.24, 2.45) is 0 Å². The van der Waals surface area contributed by atoms with Crippen LogP contribution in [0.3, 0.4) is 0 Å². The highest BCUT2D eigenvalue weighted by Crippen LogP contribution is 2.46. The molecule has 5 heteroatoms. The van der Waals surface area contributed by atoms with E-state index in [1.54, 1.807) is 0 Å². The van der Waals surface area contributed by atoms with Gasteiger partial charge in [-0.1, -0.05) is 0 Å². The number of carbonyl (C=O) groups excluding carboxylic acids is 2. The van der Waals surface area contributed by atoms with Gasteiger partial charge in [-0.15, -0.1) is 0 Å². The van der Waals surface area contributed by atoms with Gasteiger partial charge in [-0.2, -0.15) is 0 Å². The van der Waals surface area contributed by atoms with E-state index >= 15 is 0 Å². The molecule has 0 saturated carbocycles. The second-order valence-electron chi connectivity index (χ2n) is 5.36. The molecular formula is C10H16N2O3. The minimum absolute atomic E-state index is 0.289. The third-order valence-corrected chi connectivity index (χ3v) is 3.19. The van der Waals surface area contributed by atoms with Crippen molar-refractivity contribution in [2.45, 2.75) is 50.9 Å². The predicted octanol–water partition coefficient (Wildman–Crippen LogP) is 0.542. The fourth-order valence-corrected chi connectivity index (χ4v) is 2.71. The second-order valence-corrected chi connectivity index (χ2v) is 5.36. The molecular weight excluding hydrogens is 196 g/mol. The van der Waals surface area contributed by atoms with Gasteiger partial charge in [0.1, 0.15) is 0 Å². The molecule has 2 rings (SSSR count). The van der Waals surface area contributed by atoms with Crippen LogP contribution in [0, 0.1) is 0 Å². The summed E-state index contributed by atoms with van der Waals surface area (Å²) in [4.78, 5) is 23.1. The normalized spacial score (nSPS) is 36.8. The van der Waals surface area contributed by atoms with Gasteiger partial charge in [-0.3, -0.25) is 10.1 Å². The quantitative estimate of drug-likeness (QED) is 0.576. The largest absolute Gasteiger partial charge is 0.367 e. The van der Waals surface area contributed by atoms with Crippen LogP contribution in [-0.2, 0) is 9.53 Å². The molecule has 2 N–H and O–H groups in total. The zero-order chi connectivity index (χ0) is 11.5. The molecule has 1 unspecified atom stereocenters. The minimum atomic E-state index is -0.923. The Morgan fingerprint density at radius 2 is 1.80 bits per heavy atom. The number of nitrogens with one attached hydrogen (secondary N) is 2. The molecule has 2 fully saturated rings. The first-order valence-electron chi connectivity index (χ1n) is 5.02. The Morgan fingerprint density at radius 1 is 1.20 bits per heavy atom. The van der Waals surface area contributed by atoms with Crippen molar-refractivity contribution < 1.29 is 14.3 Å². The summed E-state index contributed by atoms with van der Waals surface area (Å²) in [6, 6.07) is -0.436. The van der Waals surface area contributed by atoms with Crippen LogP contribution in [0.15, 0.2) is 0 Å². The van der Waals surface area contributed by atoms with E-state index in [1.165, 1.54) is 0 Å². The number of hydrogen-bond donors (Lipinski definition) is 2. The number of carbonyl (C=O) groups is 2. The van der Waals surface area contributed by atoms with Crippen molar-refractivity contribution in [1.82, 2.24) is 10.6 Å². The van der Waals surface area contributed by atoms with Crippen LogP contribution in [0.25, 0.3) is 0 Å². The number of ether oxygens (including phenoxy) is 1. The maximum Gasteiger partial charge on any atom is 0.322 e. The van der Waals surface area contributed by atoms with Gasteiger partial charge in [0.2, 0.25) is 0 Å². The van der Waals surface area contributed by atoms with Gasteiger partial charge in [0, 0.05) is 6.42 Å². The summed E-state index contributed by atoms with van der Waals surface area (Å²) in [5, 5.41) is 4.97. The van der Waals surface area contributed by atoms with Crippen molar-refractivity contribution in [2.75, 3.05) is 0 Å². The molecule has 2 aliphatic rings. The molecule has 5 nitrogen and oxygen atoms in total. The molecule has 1 spiro atoms. The maximum absolute atomic E-state index is 11.8. The summed E-state index contributed by atoms with van der Waals surface area (Å²) in [6.07, 6.45) is 0.491. The first-order chi connectivity index (χ1) is 6.69.